The summed E-state index contributed by atoms with van der Waals surface area (Å²) in [5.41, 5.74) is 14.4. The van der Waals surface area contributed by atoms with Crippen LogP contribution in [0.3, 0.4) is 0 Å². The van der Waals surface area contributed by atoms with Crippen molar-refractivity contribution in [3.63, 3.8) is 0 Å². The normalized spacial score (nSPS) is 18.2. The Morgan fingerprint density at radius 2 is 1.00 bits per heavy atom. The summed E-state index contributed by atoms with van der Waals surface area (Å²) in [5.74, 6) is 2.11. The summed E-state index contributed by atoms with van der Waals surface area (Å²) in [4.78, 5) is 21.7. The van der Waals surface area contributed by atoms with Crippen LogP contribution in [0, 0.1) is 5.92 Å². The molecule has 5 heteroatoms. The summed E-state index contributed by atoms with van der Waals surface area (Å²) in [6, 6.07) is 63.0. The third-order valence-corrected chi connectivity index (χ3v) is 13.8. The van der Waals surface area contributed by atoms with Gasteiger partial charge >= 0.3 is 0 Å². The number of thioether (sulfide) groups is 1. The monoisotopic (exact) mass is 784 g/mol. The first kappa shape index (κ1) is 34.8. The first-order chi connectivity index (χ1) is 29.7. The summed E-state index contributed by atoms with van der Waals surface area (Å²) < 4.78 is 0. The lowest BCUT2D eigenvalue weighted by atomic mass is 9.61. The van der Waals surface area contributed by atoms with Crippen LogP contribution in [0.1, 0.15) is 16.7 Å². The van der Waals surface area contributed by atoms with Crippen molar-refractivity contribution in [3.8, 4) is 67.5 Å². The van der Waals surface area contributed by atoms with Crippen LogP contribution in [0.15, 0.2) is 211 Å². The fourth-order valence-electron chi connectivity index (χ4n) is 9.70. The zero-order chi connectivity index (χ0) is 39.6. The molecule has 282 valence electrons. The van der Waals surface area contributed by atoms with Crippen molar-refractivity contribution in [2.24, 2.45) is 5.92 Å². The van der Waals surface area contributed by atoms with E-state index in [4.69, 9.17) is 19.9 Å². The molecule has 0 saturated heterocycles. The quantitative estimate of drug-likeness (QED) is 0.174. The Balaban J connectivity index is 1.08. The van der Waals surface area contributed by atoms with Crippen LogP contribution >= 0.6 is 11.8 Å². The predicted octanol–water partition coefficient (Wildman–Crippen LogP) is 13.3. The van der Waals surface area contributed by atoms with Crippen LogP contribution in [-0.2, 0) is 5.41 Å². The number of allylic oxidation sites excluding steroid dienone is 3. The van der Waals surface area contributed by atoms with Crippen LogP contribution in [0.2, 0.25) is 0 Å². The summed E-state index contributed by atoms with van der Waals surface area (Å²) in [5, 5.41) is 1.39. The molecule has 0 radical (unpaired) electrons. The number of aromatic nitrogens is 4. The maximum Gasteiger partial charge on any atom is 0.164 e. The summed E-state index contributed by atoms with van der Waals surface area (Å²) in [6.07, 6.45) is 11.2. The van der Waals surface area contributed by atoms with Gasteiger partial charge in [-0.05, 0) is 86.5 Å². The highest BCUT2D eigenvalue weighted by atomic mass is 32.2. The van der Waals surface area contributed by atoms with Crippen molar-refractivity contribution in [2.75, 3.05) is 0 Å². The smallest absolute Gasteiger partial charge is 0.164 e. The van der Waals surface area contributed by atoms with Gasteiger partial charge in [-0.15, -0.1) is 11.8 Å². The average Bonchev–Trinajstić information content (AvgIpc) is 3.61. The molecule has 3 unspecified atom stereocenters. The largest absolute Gasteiger partial charge is 0.256 e. The fraction of sp³-hybridized carbons (Fsp3) is 0.0545. The van der Waals surface area contributed by atoms with Crippen LogP contribution in [0.4, 0.5) is 0 Å². The molecule has 1 aliphatic heterocycles. The molecular weight excluding hydrogens is 749 g/mol. The molecule has 7 aromatic carbocycles. The van der Waals surface area contributed by atoms with E-state index in [9.17, 15) is 0 Å². The van der Waals surface area contributed by atoms with Gasteiger partial charge in [0.25, 0.3) is 0 Å². The highest BCUT2D eigenvalue weighted by molar-refractivity contribution is 8.00. The van der Waals surface area contributed by atoms with Gasteiger partial charge in [-0.3, -0.25) is 4.98 Å². The molecule has 0 bridgehead atoms. The van der Waals surface area contributed by atoms with Gasteiger partial charge in [0.2, 0.25) is 0 Å². The van der Waals surface area contributed by atoms with E-state index in [1.54, 1.807) is 0 Å². The number of rotatable bonds is 5. The Hall–Kier alpha value is -7.21. The molecule has 0 fully saturated rings. The third kappa shape index (κ3) is 5.54. The van der Waals surface area contributed by atoms with E-state index in [-0.39, 0.29) is 11.2 Å². The minimum absolute atomic E-state index is 0.167. The van der Waals surface area contributed by atoms with Crippen molar-refractivity contribution in [1.29, 1.82) is 0 Å². The molecule has 0 saturated carbocycles. The Labute approximate surface area is 353 Å². The van der Waals surface area contributed by atoms with Gasteiger partial charge < -0.3 is 0 Å². The van der Waals surface area contributed by atoms with Gasteiger partial charge in [0.15, 0.2) is 17.5 Å². The van der Waals surface area contributed by atoms with Gasteiger partial charge in [0, 0.05) is 44.3 Å². The molecule has 0 amide bonds. The summed E-state index contributed by atoms with van der Waals surface area (Å²) >= 11 is 1.97. The molecule has 3 heterocycles. The van der Waals surface area contributed by atoms with Gasteiger partial charge in [-0.1, -0.05) is 164 Å². The predicted molar refractivity (Wildman–Crippen MR) is 245 cm³/mol. The van der Waals surface area contributed by atoms with Crippen molar-refractivity contribution in [1.82, 2.24) is 19.9 Å². The van der Waals surface area contributed by atoms with Gasteiger partial charge in [0.05, 0.1) is 10.9 Å². The molecule has 60 heavy (non-hydrogen) atoms. The lowest BCUT2D eigenvalue weighted by Gasteiger charge is -2.47. The Morgan fingerprint density at radius 3 is 1.80 bits per heavy atom. The highest BCUT2D eigenvalue weighted by Gasteiger charge is 2.55. The van der Waals surface area contributed by atoms with Crippen LogP contribution in [0.25, 0.3) is 78.4 Å². The molecule has 9 aromatic rings. The molecule has 2 aliphatic carbocycles. The number of hydrogen-bond acceptors (Lipinski definition) is 5. The number of pyridine rings is 1. The van der Waals surface area contributed by atoms with Gasteiger partial charge in [0.1, 0.15) is 0 Å². The number of fused-ring (bicyclic) bond motifs is 10. The molecular formula is C55H36N4S. The second-order valence-electron chi connectivity index (χ2n) is 15.7. The summed E-state index contributed by atoms with van der Waals surface area (Å²) in [6.45, 7) is 0. The number of hydrogen-bond donors (Lipinski definition) is 0. The highest BCUT2D eigenvalue weighted by Crippen LogP contribution is 2.64. The topological polar surface area (TPSA) is 51.6 Å². The van der Waals surface area contributed by atoms with Gasteiger partial charge in [-0.2, -0.15) is 0 Å². The van der Waals surface area contributed by atoms with E-state index < -0.39 is 5.41 Å². The Kier molecular flexibility index (Phi) is 8.10. The third-order valence-electron chi connectivity index (χ3n) is 12.4. The number of benzene rings is 7. The standard InChI is InChI=1S/C55H36N4S/c1-3-13-35(14-4-1)38-17-11-18-41(31-38)53-57-52(37-15-5-2-6-16-37)58-54(59-53)42-27-29-44-43-28-26-39(40-25-24-36-19-12-30-56-49(36)34-40)32-47(43)55(48(44)33-42)45-20-7-9-22-50(45)60-51-23-10-8-21-46(51)55/h1-34,45,50H. The van der Waals surface area contributed by atoms with Crippen LogP contribution < -0.4 is 0 Å². The lowest BCUT2D eigenvalue weighted by molar-refractivity contribution is 0.450. The van der Waals surface area contributed by atoms with Crippen molar-refractivity contribution in [3.05, 3.63) is 223 Å². The van der Waals surface area contributed by atoms with Gasteiger partial charge in [-0.25, -0.2) is 15.0 Å². The van der Waals surface area contributed by atoms with E-state index in [1.807, 2.05) is 48.3 Å². The molecule has 0 N–H and O–H groups in total. The fourth-order valence-corrected chi connectivity index (χ4v) is 11.1. The Morgan fingerprint density at radius 1 is 0.417 bits per heavy atom. The first-order valence-electron chi connectivity index (χ1n) is 20.4. The second kappa shape index (κ2) is 14.0. The SMILES string of the molecule is C1=CC2Sc3ccccc3C3(c4cc(-c5ccc6cccnc6c5)ccc4-c4ccc(-c5nc(-c6ccccc6)nc(-c6cccc(-c7ccccc7)c6)n5)cc43)C2C=C1. The maximum atomic E-state index is 5.29. The second-order valence-corrected chi connectivity index (χ2v) is 17.0. The van der Waals surface area contributed by atoms with E-state index >= 15 is 0 Å². The zero-order valence-corrected chi connectivity index (χ0v) is 33.3. The molecule has 1 spiro atoms. The average molecular weight is 785 g/mol. The van der Waals surface area contributed by atoms with Crippen LogP contribution in [-0.4, -0.2) is 25.2 Å². The minimum Gasteiger partial charge on any atom is -0.256 e. The Bertz CT molecular complexity index is 3210. The van der Waals surface area contributed by atoms with E-state index in [0.29, 0.717) is 17.5 Å². The van der Waals surface area contributed by atoms with E-state index in [2.05, 4.69) is 170 Å². The molecule has 3 aliphatic rings. The molecule has 2 aromatic heterocycles. The van der Waals surface area contributed by atoms with E-state index in [0.717, 1.165) is 44.3 Å². The maximum absolute atomic E-state index is 5.29. The van der Waals surface area contributed by atoms with Crippen molar-refractivity contribution < 1.29 is 0 Å². The minimum atomic E-state index is -0.471. The first-order valence-corrected chi connectivity index (χ1v) is 21.3. The zero-order valence-electron chi connectivity index (χ0n) is 32.5. The molecule has 4 nitrogen and oxygen atoms in total. The summed E-state index contributed by atoms with van der Waals surface area (Å²) in [7, 11) is 0. The van der Waals surface area contributed by atoms with Crippen LogP contribution in [0.5, 0.6) is 0 Å². The number of nitrogens with zero attached hydrogens (tertiary/aromatic N) is 4. The molecule has 3 atom stereocenters. The van der Waals surface area contributed by atoms with Crippen molar-refractivity contribution >= 4 is 22.7 Å². The molecule has 12 rings (SSSR count). The lowest BCUT2D eigenvalue weighted by Crippen LogP contribution is -2.43. The van der Waals surface area contributed by atoms with Crippen molar-refractivity contribution in [2.45, 2.75) is 15.6 Å². The van der Waals surface area contributed by atoms with E-state index in [1.165, 1.54) is 38.3 Å².